The minimum absolute atomic E-state index is 0.120. The first-order valence-electron chi connectivity index (χ1n) is 5.62. The number of nitrogens with zero attached hydrogens (tertiary/aromatic N) is 1. The van der Waals surface area contributed by atoms with Crippen LogP contribution in [0.4, 0.5) is 16.2 Å². The van der Waals surface area contributed by atoms with Gasteiger partial charge < -0.3 is 10.4 Å². The molecule has 1 fully saturated rings. The molecule has 0 aliphatic heterocycles. The van der Waals surface area contributed by atoms with Crippen molar-refractivity contribution in [2.24, 2.45) is 0 Å². The largest absolute Gasteiger partial charge is 0.505 e. The van der Waals surface area contributed by atoms with E-state index in [-0.39, 0.29) is 23.2 Å². The summed E-state index contributed by atoms with van der Waals surface area (Å²) in [6, 6.07) is 3.44. The van der Waals surface area contributed by atoms with Crippen molar-refractivity contribution in [3.05, 3.63) is 28.3 Å². The standard InChI is InChI=1S/C11H13N3O4/c15-9-6-2-5-8(14(17)18)10(9)13-11(16)12-7-3-1-4-7/h2,5-7,15H,1,3-4H2,(H2,12,13,16). The average Bonchev–Trinajstić information content (AvgIpc) is 2.26. The van der Waals surface area contributed by atoms with Crippen LogP contribution in [0.15, 0.2) is 18.2 Å². The summed E-state index contributed by atoms with van der Waals surface area (Å²) in [4.78, 5) is 21.7. The molecule has 2 rings (SSSR count). The van der Waals surface area contributed by atoms with Gasteiger partial charge in [-0.1, -0.05) is 6.07 Å². The van der Waals surface area contributed by atoms with Crippen molar-refractivity contribution in [1.82, 2.24) is 5.32 Å². The minimum atomic E-state index is -0.654. The number of hydrogen-bond donors (Lipinski definition) is 3. The fourth-order valence-corrected chi connectivity index (χ4v) is 1.70. The van der Waals surface area contributed by atoms with Crippen LogP contribution < -0.4 is 10.6 Å². The van der Waals surface area contributed by atoms with Crippen LogP contribution >= 0.6 is 0 Å². The zero-order valence-electron chi connectivity index (χ0n) is 9.55. The van der Waals surface area contributed by atoms with E-state index in [1.54, 1.807) is 0 Å². The summed E-state index contributed by atoms with van der Waals surface area (Å²) in [6.45, 7) is 0. The fraction of sp³-hybridized carbons (Fsp3) is 0.364. The van der Waals surface area contributed by atoms with Crippen molar-refractivity contribution in [2.45, 2.75) is 25.3 Å². The molecule has 7 nitrogen and oxygen atoms in total. The van der Waals surface area contributed by atoms with E-state index in [0.717, 1.165) is 19.3 Å². The number of aromatic hydroxyl groups is 1. The van der Waals surface area contributed by atoms with Gasteiger partial charge in [-0.3, -0.25) is 15.4 Å². The van der Waals surface area contributed by atoms with Crippen LogP contribution in [0.25, 0.3) is 0 Å². The molecule has 1 aromatic carbocycles. The number of para-hydroxylation sites is 1. The number of carbonyl (C=O) groups is 1. The second-order valence-electron chi connectivity index (χ2n) is 4.15. The maximum Gasteiger partial charge on any atom is 0.319 e. The van der Waals surface area contributed by atoms with Crippen molar-refractivity contribution in [3.8, 4) is 5.75 Å². The monoisotopic (exact) mass is 251 g/mol. The first-order chi connectivity index (χ1) is 8.58. The number of carbonyl (C=O) groups excluding carboxylic acids is 1. The van der Waals surface area contributed by atoms with E-state index in [0.29, 0.717) is 0 Å². The van der Waals surface area contributed by atoms with Crippen molar-refractivity contribution in [1.29, 1.82) is 0 Å². The normalized spacial score (nSPS) is 14.7. The molecule has 3 N–H and O–H groups in total. The van der Waals surface area contributed by atoms with Gasteiger partial charge in [-0.25, -0.2) is 4.79 Å². The number of benzene rings is 1. The maximum atomic E-state index is 11.6. The molecule has 2 amide bonds. The van der Waals surface area contributed by atoms with Crippen LogP contribution in [0.1, 0.15) is 19.3 Å². The van der Waals surface area contributed by atoms with Crippen LogP contribution in [0, 0.1) is 10.1 Å². The van der Waals surface area contributed by atoms with E-state index in [1.165, 1.54) is 18.2 Å². The highest BCUT2D eigenvalue weighted by Crippen LogP contribution is 2.33. The molecule has 1 aliphatic rings. The van der Waals surface area contributed by atoms with E-state index in [2.05, 4.69) is 10.6 Å². The lowest BCUT2D eigenvalue weighted by Gasteiger charge is -2.26. The van der Waals surface area contributed by atoms with Crippen LogP contribution in [-0.4, -0.2) is 22.1 Å². The lowest BCUT2D eigenvalue weighted by atomic mass is 9.93. The molecule has 1 aromatic rings. The lowest BCUT2D eigenvalue weighted by molar-refractivity contribution is -0.384. The van der Waals surface area contributed by atoms with E-state index in [4.69, 9.17) is 0 Å². The molecule has 0 bridgehead atoms. The topological polar surface area (TPSA) is 104 Å². The number of nitro groups is 1. The van der Waals surface area contributed by atoms with Crippen molar-refractivity contribution in [3.63, 3.8) is 0 Å². The number of hydrogen-bond acceptors (Lipinski definition) is 4. The molecule has 1 aliphatic carbocycles. The predicted molar refractivity (Wildman–Crippen MR) is 64.6 cm³/mol. The smallest absolute Gasteiger partial charge is 0.319 e. The molecular weight excluding hydrogens is 238 g/mol. The van der Waals surface area contributed by atoms with Crippen LogP contribution in [-0.2, 0) is 0 Å². The fourth-order valence-electron chi connectivity index (χ4n) is 1.70. The highest BCUT2D eigenvalue weighted by Gasteiger charge is 2.23. The maximum absolute atomic E-state index is 11.6. The molecular formula is C11H13N3O4. The van der Waals surface area contributed by atoms with Crippen LogP contribution in [0.3, 0.4) is 0 Å². The van der Waals surface area contributed by atoms with E-state index < -0.39 is 11.0 Å². The number of rotatable bonds is 3. The quantitative estimate of drug-likeness (QED) is 0.434. The number of nitrogens with one attached hydrogen (secondary N) is 2. The van der Waals surface area contributed by atoms with Crippen molar-refractivity contribution in [2.75, 3.05) is 5.32 Å². The Labute approximate surface area is 103 Å². The molecule has 0 spiro atoms. The van der Waals surface area contributed by atoms with Crippen molar-refractivity contribution >= 4 is 17.4 Å². The van der Waals surface area contributed by atoms with Gasteiger partial charge in [0.05, 0.1) is 4.92 Å². The molecule has 0 unspecified atom stereocenters. The first-order valence-corrected chi connectivity index (χ1v) is 5.62. The second kappa shape index (κ2) is 4.91. The number of anilines is 1. The predicted octanol–water partition coefficient (Wildman–Crippen LogP) is 1.97. The zero-order valence-corrected chi connectivity index (χ0v) is 9.55. The minimum Gasteiger partial charge on any atom is -0.505 e. The second-order valence-corrected chi connectivity index (χ2v) is 4.15. The number of nitro benzene ring substituents is 1. The number of amides is 2. The Balaban J connectivity index is 2.11. The number of phenols is 1. The summed E-state index contributed by atoms with van der Waals surface area (Å²) in [7, 11) is 0. The van der Waals surface area contributed by atoms with Crippen molar-refractivity contribution < 1.29 is 14.8 Å². The number of phenolic OH excluding ortho intramolecular Hbond substituents is 1. The third-order valence-electron chi connectivity index (χ3n) is 2.90. The van der Waals surface area contributed by atoms with Gasteiger partial charge in [-0.05, 0) is 25.3 Å². The summed E-state index contributed by atoms with van der Waals surface area (Å²) in [6.07, 6.45) is 2.90. The van der Waals surface area contributed by atoms with Gasteiger partial charge in [-0.15, -0.1) is 0 Å². The molecule has 0 radical (unpaired) electrons. The first kappa shape index (κ1) is 12.2. The van der Waals surface area contributed by atoms with Gasteiger partial charge >= 0.3 is 6.03 Å². The van der Waals surface area contributed by atoms with Crippen LogP contribution in [0.5, 0.6) is 5.75 Å². The van der Waals surface area contributed by atoms with Gasteiger partial charge in [0.25, 0.3) is 5.69 Å². The summed E-state index contributed by atoms with van der Waals surface area (Å²) >= 11 is 0. The highest BCUT2D eigenvalue weighted by atomic mass is 16.6. The molecule has 1 saturated carbocycles. The Hall–Kier alpha value is -2.31. The van der Waals surface area contributed by atoms with E-state index in [9.17, 15) is 20.0 Å². The Kier molecular flexibility index (Phi) is 3.31. The third kappa shape index (κ3) is 2.50. The van der Waals surface area contributed by atoms with Crippen LogP contribution in [0.2, 0.25) is 0 Å². The third-order valence-corrected chi connectivity index (χ3v) is 2.90. The molecule has 0 atom stereocenters. The Morgan fingerprint density at radius 1 is 1.44 bits per heavy atom. The summed E-state index contributed by atoms with van der Waals surface area (Å²) in [5, 5.41) is 25.3. The average molecular weight is 251 g/mol. The number of urea groups is 1. The van der Waals surface area contributed by atoms with Gasteiger partial charge in [0.2, 0.25) is 0 Å². The van der Waals surface area contributed by atoms with Gasteiger partial charge in [-0.2, -0.15) is 0 Å². The molecule has 96 valence electrons. The molecule has 18 heavy (non-hydrogen) atoms. The summed E-state index contributed by atoms with van der Waals surface area (Å²) in [5.74, 6) is -0.326. The molecule has 7 heteroatoms. The Bertz CT molecular complexity index is 485. The molecule has 0 aromatic heterocycles. The molecule has 0 heterocycles. The zero-order chi connectivity index (χ0) is 13.1. The summed E-state index contributed by atoms with van der Waals surface area (Å²) < 4.78 is 0. The van der Waals surface area contributed by atoms with E-state index in [1.807, 2.05) is 0 Å². The van der Waals surface area contributed by atoms with Gasteiger partial charge in [0.15, 0.2) is 5.69 Å². The highest BCUT2D eigenvalue weighted by molar-refractivity contribution is 5.94. The lowest BCUT2D eigenvalue weighted by Crippen LogP contribution is -2.41. The Morgan fingerprint density at radius 3 is 2.72 bits per heavy atom. The summed E-state index contributed by atoms with van der Waals surface area (Å²) in [5.41, 5.74) is -0.516. The van der Waals surface area contributed by atoms with Gasteiger partial charge in [0.1, 0.15) is 5.75 Å². The van der Waals surface area contributed by atoms with Gasteiger partial charge in [0, 0.05) is 12.1 Å². The molecule has 0 saturated heterocycles. The SMILES string of the molecule is O=C(Nc1c(O)cccc1[N+](=O)[O-])NC1CCC1. The Morgan fingerprint density at radius 2 is 2.17 bits per heavy atom. The van der Waals surface area contributed by atoms with E-state index >= 15 is 0 Å².